The summed E-state index contributed by atoms with van der Waals surface area (Å²) in [6, 6.07) is 20.2. The zero-order chi connectivity index (χ0) is 22.8. The lowest BCUT2D eigenvalue weighted by molar-refractivity contribution is -0.124. The summed E-state index contributed by atoms with van der Waals surface area (Å²) in [7, 11) is 0. The Morgan fingerprint density at radius 1 is 1.03 bits per heavy atom. The van der Waals surface area contributed by atoms with Gasteiger partial charge in [0.25, 0.3) is 5.91 Å². The van der Waals surface area contributed by atoms with Gasteiger partial charge in [-0.05, 0) is 54.8 Å². The molecule has 4 nitrogen and oxygen atoms in total. The molecule has 0 radical (unpaired) electrons. The standard InChI is InChI=1S/C28H30N2O2S/c1-19-12-14-20(15-13-19)16-17-29-27(31)25-22-9-4-5-10-23(22)28(32)30(21-7-2-3-8-21)26(25)24-11-6-18-33-24/h4-6,9-15,18,21,25-26H,2-3,7-8,16-17H2,1H3,(H,29,31)/t25-,26+/m1/s1. The van der Waals surface area contributed by atoms with Gasteiger partial charge in [0.05, 0.1) is 12.0 Å². The minimum Gasteiger partial charge on any atom is -0.355 e. The lowest BCUT2D eigenvalue weighted by Crippen LogP contribution is -2.50. The molecule has 1 aromatic heterocycles. The molecule has 1 saturated carbocycles. The second kappa shape index (κ2) is 9.52. The van der Waals surface area contributed by atoms with Gasteiger partial charge >= 0.3 is 0 Å². The Morgan fingerprint density at radius 3 is 2.52 bits per heavy atom. The Hall–Kier alpha value is -2.92. The molecule has 1 fully saturated rings. The van der Waals surface area contributed by atoms with Crippen molar-refractivity contribution in [3.63, 3.8) is 0 Å². The molecule has 0 saturated heterocycles. The molecule has 3 aromatic rings. The number of benzene rings is 2. The topological polar surface area (TPSA) is 49.4 Å². The van der Waals surface area contributed by atoms with Crippen molar-refractivity contribution >= 4 is 23.2 Å². The summed E-state index contributed by atoms with van der Waals surface area (Å²) in [5.74, 6) is -0.334. The molecule has 33 heavy (non-hydrogen) atoms. The number of hydrogen-bond donors (Lipinski definition) is 1. The first-order valence-electron chi connectivity index (χ1n) is 11.9. The quantitative estimate of drug-likeness (QED) is 0.520. The van der Waals surface area contributed by atoms with E-state index in [-0.39, 0.29) is 23.9 Å². The molecule has 2 aromatic carbocycles. The fourth-order valence-electron chi connectivity index (χ4n) is 5.37. The van der Waals surface area contributed by atoms with Crippen molar-refractivity contribution in [1.29, 1.82) is 0 Å². The van der Waals surface area contributed by atoms with Crippen molar-refractivity contribution in [2.24, 2.45) is 0 Å². The highest BCUT2D eigenvalue weighted by molar-refractivity contribution is 7.10. The Balaban J connectivity index is 1.46. The van der Waals surface area contributed by atoms with E-state index < -0.39 is 5.92 Å². The second-order valence-corrected chi connectivity index (χ2v) is 10.2. The largest absolute Gasteiger partial charge is 0.355 e. The van der Waals surface area contributed by atoms with Crippen LogP contribution in [0.2, 0.25) is 0 Å². The fourth-order valence-corrected chi connectivity index (χ4v) is 6.24. The molecule has 1 aliphatic carbocycles. The molecule has 0 spiro atoms. The summed E-state index contributed by atoms with van der Waals surface area (Å²) in [6.45, 7) is 2.66. The molecule has 0 unspecified atom stereocenters. The van der Waals surface area contributed by atoms with Gasteiger partial charge in [-0.25, -0.2) is 0 Å². The number of nitrogens with zero attached hydrogens (tertiary/aromatic N) is 1. The molecule has 170 valence electrons. The van der Waals surface area contributed by atoms with Gasteiger partial charge in [-0.15, -0.1) is 11.3 Å². The van der Waals surface area contributed by atoms with Crippen LogP contribution in [0.5, 0.6) is 0 Å². The van der Waals surface area contributed by atoms with Crippen molar-refractivity contribution in [1.82, 2.24) is 10.2 Å². The number of fused-ring (bicyclic) bond motifs is 1. The van der Waals surface area contributed by atoms with Crippen LogP contribution >= 0.6 is 11.3 Å². The first-order valence-corrected chi connectivity index (χ1v) is 12.8. The van der Waals surface area contributed by atoms with Crippen LogP contribution < -0.4 is 5.32 Å². The van der Waals surface area contributed by atoms with Gasteiger partial charge in [0.1, 0.15) is 0 Å². The molecule has 2 amide bonds. The number of rotatable bonds is 6. The zero-order valence-corrected chi connectivity index (χ0v) is 19.8. The third-order valence-electron chi connectivity index (χ3n) is 7.04. The maximum Gasteiger partial charge on any atom is 0.254 e. The lowest BCUT2D eigenvalue weighted by atomic mass is 9.80. The highest BCUT2D eigenvalue weighted by atomic mass is 32.1. The molecule has 0 bridgehead atoms. The number of carbonyl (C=O) groups is 2. The number of thiophene rings is 1. The maximum atomic E-state index is 13.7. The van der Waals surface area contributed by atoms with E-state index in [1.807, 2.05) is 40.6 Å². The first kappa shape index (κ1) is 21.9. The molecule has 5 rings (SSSR count). The van der Waals surface area contributed by atoms with E-state index >= 15 is 0 Å². The van der Waals surface area contributed by atoms with Gasteiger partial charge in [-0.1, -0.05) is 66.9 Å². The highest BCUT2D eigenvalue weighted by Crippen LogP contribution is 2.47. The number of aryl methyl sites for hydroxylation is 1. The summed E-state index contributed by atoms with van der Waals surface area (Å²) < 4.78 is 0. The van der Waals surface area contributed by atoms with Gasteiger partial charge in [0.15, 0.2) is 0 Å². The van der Waals surface area contributed by atoms with Crippen LogP contribution in [0.15, 0.2) is 66.0 Å². The Bertz CT molecular complexity index is 1120. The number of carbonyl (C=O) groups excluding carboxylic acids is 2. The zero-order valence-electron chi connectivity index (χ0n) is 19.0. The monoisotopic (exact) mass is 458 g/mol. The predicted octanol–water partition coefficient (Wildman–Crippen LogP) is 5.64. The summed E-state index contributed by atoms with van der Waals surface area (Å²) in [4.78, 5) is 30.6. The van der Waals surface area contributed by atoms with E-state index in [1.54, 1.807) is 11.3 Å². The van der Waals surface area contributed by atoms with Crippen LogP contribution in [0.4, 0.5) is 0 Å². The van der Waals surface area contributed by atoms with Crippen LogP contribution in [0.25, 0.3) is 0 Å². The van der Waals surface area contributed by atoms with Crippen molar-refractivity contribution in [3.8, 4) is 0 Å². The number of amides is 2. The predicted molar refractivity (Wildman–Crippen MR) is 133 cm³/mol. The van der Waals surface area contributed by atoms with E-state index in [9.17, 15) is 9.59 Å². The van der Waals surface area contributed by atoms with Crippen LogP contribution in [0.1, 0.15) is 69.6 Å². The minimum atomic E-state index is -0.406. The summed E-state index contributed by atoms with van der Waals surface area (Å²) in [5, 5.41) is 5.24. The van der Waals surface area contributed by atoms with E-state index in [0.717, 1.165) is 42.5 Å². The third kappa shape index (κ3) is 4.34. The molecule has 2 heterocycles. The minimum absolute atomic E-state index is 0.00320. The van der Waals surface area contributed by atoms with Gasteiger partial charge in [-0.3, -0.25) is 9.59 Å². The van der Waals surface area contributed by atoms with Crippen molar-refractivity contribution in [2.45, 2.75) is 57.0 Å². The second-order valence-electron chi connectivity index (χ2n) is 9.20. The van der Waals surface area contributed by atoms with Gasteiger partial charge in [-0.2, -0.15) is 0 Å². The number of nitrogens with one attached hydrogen (secondary N) is 1. The first-order chi connectivity index (χ1) is 16.1. The SMILES string of the molecule is Cc1ccc(CCNC(=O)[C@@H]2c3ccccc3C(=O)N(C3CCCC3)[C@H]2c2cccs2)cc1. The summed E-state index contributed by atoms with van der Waals surface area (Å²) >= 11 is 1.64. The van der Waals surface area contributed by atoms with E-state index in [1.165, 1.54) is 11.1 Å². The smallest absolute Gasteiger partial charge is 0.254 e. The van der Waals surface area contributed by atoms with E-state index in [2.05, 4.69) is 42.6 Å². The summed E-state index contributed by atoms with van der Waals surface area (Å²) in [5.41, 5.74) is 3.97. The van der Waals surface area contributed by atoms with Crippen molar-refractivity contribution in [2.75, 3.05) is 6.54 Å². The molecule has 5 heteroatoms. The van der Waals surface area contributed by atoms with Gasteiger partial charge in [0, 0.05) is 23.0 Å². The molecule has 2 aliphatic rings. The lowest BCUT2D eigenvalue weighted by Gasteiger charge is -2.44. The normalized spacial score (nSPS) is 20.6. The van der Waals surface area contributed by atoms with Gasteiger partial charge < -0.3 is 10.2 Å². The molecular formula is C28H30N2O2S. The number of hydrogen-bond acceptors (Lipinski definition) is 3. The summed E-state index contributed by atoms with van der Waals surface area (Å²) in [6.07, 6.45) is 5.09. The molecule has 1 N–H and O–H groups in total. The van der Waals surface area contributed by atoms with Crippen molar-refractivity contribution < 1.29 is 9.59 Å². The van der Waals surface area contributed by atoms with Crippen LogP contribution in [0.3, 0.4) is 0 Å². The van der Waals surface area contributed by atoms with Gasteiger partial charge in [0.2, 0.25) is 5.91 Å². The molecule has 1 aliphatic heterocycles. The average molecular weight is 459 g/mol. The maximum absolute atomic E-state index is 13.7. The van der Waals surface area contributed by atoms with Crippen molar-refractivity contribution in [3.05, 3.63) is 93.2 Å². The van der Waals surface area contributed by atoms with Crippen LogP contribution in [0, 0.1) is 6.92 Å². The molecule has 2 atom stereocenters. The fraction of sp³-hybridized carbons (Fsp3) is 0.357. The third-order valence-corrected chi connectivity index (χ3v) is 7.99. The van der Waals surface area contributed by atoms with E-state index in [4.69, 9.17) is 0 Å². The van der Waals surface area contributed by atoms with E-state index in [0.29, 0.717) is 12.1 Å². The Labute approximate surface area is 199 Å². The van der Waals surface area contributed by atoms with Crippen LogP contribution in [-0.2, 0) is 11.2 Å². The molecular weight excluding hydrogens is 428 g/mol. The highest BCUT2D eigenvalue weighted by Gasteiger charge is 2.47. The van der Waals surface area contributed by atoms with Crippen LogP contribution in [-0.4, -0.2) is 29.3 Å². The average Bonchev–Trinajstić information content (AvgIpc) is 3.55. The Kier molecular flexibility index (Phi) is 6.32. The Morgan fingerprint density at radius 2 is 1.79 bits per heavy atom.